The summed E-state index contributed by atoms with van der Waals surface area (Å²) < 4.78 is 26.3. The van der Waals surface area contributed by atoms with Crippen molar-refractivity contribution in [2.45, 2.75) is 12.5 Å². The molecule has 1 aromatic rings. The number of nitrogens with one attached hydrogen (secondary N) is 1. The molecule has 1 amide bonds. The molecule has 1 heterocycles. The van der Waals surface area contributed by atoms with Crippen molar-refractivity contribution >= 4 is 27.7 Å². The molecular weight excluding hydrogens is 310 g/mol. The van der Waals surface area contributed by atoms with Crippen molar-refractivity contribution in [1.29, 1.82) is 0 Å². The lowest BCUT2D eigenvalue weighted by atomic mass is 10.2. The molecule has 6 nitrogen and oxygen atoms in total. The molecule has 0 aromatic carbocycles. The molecule has 8 heteroatoms. The number of nitrogens with zero attached hydrogens (tertiary/aromatic N) is 2. The summed E-state index contributed by atoms with van der Waals surface area (Å²) in [5, 5.41) is 2.72. The number of sulfonamides is 1. The van der Waals surface area contributed by atoms with E-state index < -0.39 is 10.0 Å². The van der Waals surface area contributed by atoms with Crippen molar-refractivity contribution in [1.82, 2.24) is 14.2 Å². The van der Waals surface area contributed by atoms with E-state index in [4.69, 9.17) is 0 Å². The Bertz CT molecular complexity index is 527. The summed E-state index contributed by atoms with van der Waals surface area (Å²) in [5.41, 5.74) is 0. The Balaban J connectivity index is 2.58. The van der Waals surface area contributed by atoms with Gasteiger partial charge in [-0.3, -0.25) is 4.79 Å². The van der Waals surface area contributed by atoms with Crippen molar-refractivity contribution in [2.24, 2.45) is 0 Å². The summed E-state index contributed by atoms with van der Waals surface area (Å²) in [7, 11) is -0.314. The molecule has 0 radical (unpaired) electrons. The first-order chi connectivity index (χ1) is 9.88. The van der Waals surface area contributed by atoms with Gasteiger partial charge in [0.15, 0.2) is 0 Å². The van der Waals surface area contributed by atoms with Crippen LogP contribution in [0, 0.1) is 0 Å². The first kappa shape index (κ1) is 18.1. The topological polar surface area (TPSA) is 71.4 Å². The van der Waals surface area contributed by atoms with Crippen LogP contribution in [0.3, 0.4) is 0 Å². The van der Waals surface area contributed by atoms with Gasteiger partial charge in [-0.1, -0.05) is 0 Å². The summed E-state index contributed by atoms with van der Waals surface area (Å²) >= 11 is 1.68. The number of carbonyl (C=O) groups excluding carboxylic acids is 1. The standard InChI is InChI=1S/C13H23N3O3S2/c1-15(2)21(18,19)11-7-14-13(17)12(6-10-20-3)16-8-4-5-9-16/h4-5,8-9,12H,6-7,10-11H2,1-3H3,(H,14,17). The summed E-state index contributed by atoms with van der Waals surface area (Å²) in [6, 6.07) is 3.45. The zero-order valence-corrected chi connectivity index (χ0v) is 14.3. The summed E-state index contributed by atoms with van der Waals surface area (Å²) in [6.07, 6.45) is 6.40. The second kappa shape index (κ2) is 8.45. The van der Waals surface area contributed by atoms with Crippen molar-refractivity contribution in [3.8, 4) is 0 Å². The molecule has 1 atom stereocenters. The lowest BCUT2D eigenvalue weighted by Gasteiger charge is -2.19. The molecule has 1 unspecified atom stereocenters. The van der Waals surface area contributed by atoms with E-state index in [0.29, 0.717) is 6.42 Å². The monoisotopic (exact) mass is 333 g/mol. The number of thioether (sulfide) groups is 1. The van der Waals surface area contributed by atoms with E-state index in [-0.39, 0.29) is 24.2 Å². The molecule has 21 heavy (non-hydrogen) atoms. The molecule has 1 aromatic heterocycles. The van der Waals surface area contributed by atoms with Gasteiger partial charge in [0.2, 0.25) is 15.9 Å². The van der Waals surface area contributed by atoms with Gasteiger partial charge in [0.1, 0.15) is 6.04 Å². The average molecular weight is 333 g/mol. The van der Waals surface area contributed by atoms with Gasteiger partial charge in [-0.2, -0.15) is 11.8 Å². The minimum Gasteiger partial charge on any atom is -0.353 e. The number of hydrogen-bond donors (Lipinski definition) is 1. The molecule has 0 saturated carbocycles. The first-order valence-electron chi connectivity index (χ1n) is 6.68. The third-order valence-corrected chi connectivity index (χ3v) is 5.58. The Morgan fingerprint density at radius 1 is 1.33 bits per heavy atom. The second-order valence-electron chi connectivity index (χ2n) is 4.82. The van der Waals surface area contributed by atoms with Crippen LogP contribution in [0.25, 0.3) is 0 Å². The maximum absolute atomic E-state index is 12.3. The Kier molecular flexibility index (Phi) is 7.27. The molecule has 120 valence electrons. The fraction of sp³-hybridized carbons (Fsp3) is 0.615. The predicted octanol–water partition coefficient (Wildman–Crippen LogP) is 0.790. The molecule has 1 rings (SSSR count). The fourth-order valence-electron chi connectivity index (χ4n) is 1.80. The van der Waals surface area contributed by atoms with E-state index in [1.165, 1.54) is 14.1 Å². The highest BCUT2D eigenvalue weighted by Gasteiger charge is 2.20. The molecule has 0 spiro atoms. The number of hydrogen-bond acceptors (Lipinski definition) is 4. The van der Waals surface area contributed by atoms with Crippen LogP contribution in [-0.4, -0.2) is 61.6 Å². The van der Waals surface area contributed by atoms with Crippen LogP contribution >= 0.6 is 11.8 Å². The van der Waals surface area contributed by atoms with E-state index in [1.54, 1.807) is 11.8 Å². The van der Waals surface area contributed by atoms with Gasteiger partial charge < -0.3 is 9.88 Å². The van der Waals surface area contributed by atoms with Gasteiger partial charge in [-0.15, -0.1) is 0 Å². The summed E-state index contributed by atoms with van der Waals surface area (Å²) in [6.45, 7) is 0.121. The Morgan fingerprint density at radius 3 is 2.48 bits per heavy atom. The SMILES string of the molecule is CSCCC(C(=O)NCCS(=O)(=O)N(C)C)n1cccc1. The van der Waals surface area contributed by atoms with Crippen LogP contribution in [0.1, 0.15) is 12.5 Å². The summed E-state index contributed by atoms with van der Waals surface area (Å²) in [5.74, 6) is 0.632. The zero-order chi connectivity index (χ0) is 15.9. The van der Waals surface area contributed by atoms with Gasteiger partial charge >= 0.3 is 0 Å². The van der Waals surface area contributed by atoms with Crippen LogP contribution < -0.4 is 5.32 Å². The van der Waals surface area contributed by atoms with Crippen LogP contribution in [0.15, 0.2) is 24.5 Å². The largest absolute Gasteiger partial charge is 0.353 e. The van der Waals surface area contributed by atoms with Gasteiger partial charge in [0.25, 0.3) is 0 Å². The molecule has 1 N–H and O–H groups in total. The first-order valence-corrected chi connectivity index (χ1v) is 9.68. The summed E-state index contributed by atoms with van der Waals surface area (Å²) in [4.78, 5) is 12.3. The normalized spacial score (nSPS) is 13.3. The van der Waals surface area contributed by atoms with E-state index in [2.05, 4.69) is 5.32 Å². The van der Waals surface area contributed by atoms with E-state index in [9.17, 15) is 13.2 Å². The Morgan fingerprint density at radius 2 is 1.95 bits per heavy atom. The average Bonchev–Trinajstić information content (AvgIpc) is 2.92. The minimum atomic E-state index is -3.28. The van der Waals surface area contributed by atoms with Crippen LogP contribution in [0.4, 0.5) is 0 Å². The van der Waals surface area contributed by atoms with Crippen molar-refractivity contribution in [3.05, 3.63) is 24.5 Å². The zero-order valence-electron chi connectivity index (χ0n) is 12.7. The highest BCUT2D eigenvalue weighted by molar-refractivity contribution is 7.98. The highest BCUT2D eigenvalue weighted by Crippen LogP contribution is 2.15. The molecule has 0 fully saturated rings. The predicted molar refractivity (Wildman–Crippen MR) is 87.0 cm³/mol. The van der Waals surface area contributed by atoms with Crippen LogP contribution in [-0.2, 0) is 14.8 Å². The number of carbonyl (C=O) groups is 1. The maximum Gasteiger partial charge on any atom is 0.243 e. The third-order valence-electron chi connectivity index (χ3n) is 3.10. The van der Waals surface area contributed by atoms with Crippen molar-refractivity contribution in [3.63, 3.8) is 0 Å². The molecule has 0 bridgehead atoms. The number of rotatable bonds is 9. The second-order valence-corrected chi connectivity index (χ2v) is 8.10. The molecule has 0 saturated heterocycles. The van der Waals surface area contributed by atoms with Gasteiger partial charge in [-0.25, -0.2) is 12.7 Å². The highest BCUT2D eigenvalue weighted by atomic mass is 32.2. The Labute approximate surface area is 130 Å². The number of aromatic nitrogens is 1. The van der Waals surface area contributed by atoms with Crippen molar-refractivity contribution < 1.29 is 13.2 Å². The van der Waals surface area contributed by atoms with Crippen LogP contribution in [0.5, 0.6) is 0 Å². The van der Waals surface area contributed by atoms with Gasteiger partial charge in [0, 0.05) is 33.0 Å². The molecule has 0 aliphatic carbocycles. The van der Waals surface area contributed by atoms with Crippen molar-refractivity contribution in [2.75, 3.05) is 38.4 Å². The van der Waals surface area contributed by atoms with Crippen LogP contribution in [0.2, 0.25) is 0 Å². The lowest BCUT2D eigenvalue weighted by molar-refractivity contribution is -0.124. The van der Waals surface area contributed by atoms with E-state index in [0.717, 1.165) is 10.1 Å². The number of amides is 1. The van der Waals surface area contributed by atoms with E-state index in [1.807, 2.05) is 35.3 Å². The Hall–Kier alpha value is -0.990. The quantitative estimate of drug-likeness (QED) is 0.725. The molecule has 0 aliphatic rings. The molecular formula is C13H23N3O3S2. The fourth-order valence-corrected chi connectivity index (χ4v) is 2.99. The maximum atomic E-state index is 12.3. The molecule has 0 aliphatic heterocycles. The lowest BCUT2D eigenvalue weighted by Crippen LogP contribution is -2.37. The smallest absolute Gasteiger partial charge is 0.243 e. The third kappa shape index (κ3) is 5.72. The minimum absolute atomic E-state index is 0.0906. The van der Waals surface area contributed by atoms with Gasteiger partial charge in [0.05, 0.1) is 5.75 Å². The van der Waals surface area contributed by atoms with Gasteiger partial charge in [-0.05, 0) is 30.6 Å². The van der Waals surface area contributed by atoms with E-state index >= 15 is 0 Å².